The first-order valence-electron chi connectivity index (χ1n) is 7.23. The maximum absolute atomic E-state index is 12.6. The lowest BCUT2D eigenvalue weighted by Gasteiger charge is -2.16. The first kappa shape index (κ1) is 13.4. The molecule has 4 rings (SSSR count). The van der Waals surface area contributed by atoms with Gasteiger partial charge in [-0.3, -0.25) is 9.48 Å². The van der Waals surface area contributed by atoms with Crippen LogP contribution in [0.5, 0.6) is 0 Å². The van der Waals surface area contributed by atoms with Crippen molar-refractivity contribution in [3.63, 3.8) is 0 Å². The Hall–Kier alpha value is -2.28. The van der Waals surface area contributed by atoms with E-state index in [0.29, 0.717) is 12.1 Å². The number of aryl methyl sites for hydroxylation is 1. The van der Waals surface area contributed by atoms with Crippen LogP contribution in [0, 0.1) is 6.92 Å². The van der Waals surface area contributed by atoms with E-state index in [4.69, 9.17) is 0 Å². The highest BCUT2D eigenvalue weighted by Crippen LogP contribution is 2.24. The largest absolute Gasteiger partial charge is 0.336 e. The molecule has 1 aliphatic rings. The average molecular weight is 313 g/mol. The van der Waals surface area contributed by atoms with Crippen LogP contribution in [0.15, 0.2) is 30.6 Å². The molecular weight excluding hydrogens is 298 g/mol. The Morgan fingerprint density at radius 1 is 1.32 bits per heavy atom. The number of rotatable bonds is 2. The third-order valence-electron chi connectivity index (χ3n) is 4.06. The first-order valence-corrected chi connectivity index (χ1v) is 7.96. The fourth-order valence-electron chi connectivity index (χ4n) is 2.87. The van der Waals surface area contributed by atoms with Gasteiger partial charge in [-0.05, 0) is 37.1 Å². The molecule has 0 radical (unpaired) electrons. The van der Waals surface area contributed by atoms with Crippen molar-refractivity contribution in [2.75, 3.05) is 13.1 Å². The number of hydrogen-bond acceptors (Lipinski definition) is 5. The second-order valence-corrected chi connectivity index (χ2v) is 6.19. The molecule has 2 aromatic heterocycles. The molecule has 1 saturated heterocycles. The van der Waals surface area contributed by atoms with Gasteiger partial charge in [0.15, 0.2) is 0 Å². The second kappa shape index (κ2) is 5.17. The van der Waals surface area contributed by atoms with Crippen LogP contribution in [0.1, 0.15) is 28.4 Å². The standard InChI is InChI=1S/C15H15N5OS/c1-10-7-16-20(8-10)12-4-5-19(9-12)15(21)11-2-3-13-14(6-11)18-22-17-13/h2-3,6-8,12H,4-5,9H2,1H3. The number of benzene rings is 1. The van der Waals surface area contributed by atoms with Gasteiger partial charge in [-0.1, -0.05) is 0 Å². The highest BCUT2D eigenvalue weighted by molar-refractivity contribution is 7.00. The summed E-state index contributed by atoms with van der Waals surface area (Å²) in [4.78, 5) is 14.5. The van der Waals surface area contributed by atoms with Crippen LogP contribution in [0.2, 0.25) is 0 Å². The van der Waals surface area contributed by atoms with Crippen molar-refractivity contribution in [3.8, 4) is 0 Å². The lowest BCUT2D eigenvalue weighted by atomic mass is 10.2. The van der Waals surface area contributed by atoms with Gasteiger partial charge in [-0.25, -0.2) is 0 Å². The smallest absolute Gasteiger partial charge is 0.254 e. The van der Waals surface area contributed by atoms with Crippen molar-refractivity contribution in [2.45, 2.75) is 19.4 Å². The zero-order chi connectivity index (χ0) is 15.1. The lowest BCUT2D eigenvalue weighted by molar-refractivity contribution is 0.0787. The summed E-state index contributed by atoms with van der Waals surface area (Å²) in [6.07, 6.45) is 4.83. The molecule has 0 bridgehead atoms. The molecule has 112 valence electrons. The summed E-state index contributed by atoms with van der Waals surface area (Å²) >= 11 is 1.17. The number of carbonyl (C=O) groups excluding carboxylic acids is 1. The minimum Gasteiger partial charge on any atom is -0.336 e. The Morgan fingerprint density at radius 3 is 3.00 bits per heavy atom. The molecule has 0 saturated carbocycles. The topological polar surface area (TPSA) is 63.9 Å². The molecule has 1 amide bonds. The number of hydrogen-bond donors (Lipinski definition) is 0. The van der Waals surface area contributed by atoms with Crippen molar-refractivity contribution >= 4 is 28.7 Å². The molecular formula is C15H15N5OS. The van der Waals surface area contributed by atoms with Gasteiger partial charge in [0.25, 0.3) is 5.91 Å². The molecule has 3 heterocycles. The molecule has 1 aromatic carbocycles. The Morgan fingerprint density at radius 2 is 2.18 bits per heavy atom. The van der Waals surface area contributed by atoms with Crippen LogP contribution in [-0.2, 0) is 0 Å². The molecule has 1 aliphatic heterocycles. The van der Waals surface area contributed by atoms with E-state index >= 15 is 0 Å². The summed E-state index contributed by atoms with van der Waals surface area (Å²) in [5.74, 6) is 0.0567. The van der Waals surface area contributed by atoms with Gasteiger partial charge in [-0.2, -0.15) is 13.8 Å². The Balaban J connectivity index is 1.53. The molecule has 3 aromatic rings. The number of likely N-dealkylation sites (tertiary alicyclic amines) is 1. The minimum absolute atomic E-state index is 0.0567. The molecule has 0 N–H and O–H groups in total. The fourth-order valence-corrected chi connectivity index (χ4v) is 3.39. The summed E-state index contributed by atoms with van der Waals surface area (Å²) < 4.78 is 10.3. The molecule has 22 heavy (non-hydrogen) atoms. The monoisotopic (exact) mass is 313 g/mol. The van der Waals surface area contributed by atoms with Gasteiger partial charge in [0.1, 0.15) is 11.0 Å². The third-order valence-corrected chi connectivity index (χ3v) is 4.61. The van der Waals surface area contributed by atoms with E-state index in [1.165, 1.54) is 11.7 Å². The zero-order valence-electron chi connectivity index (χ0n) is 12.1. The molecule has 1 fully saturated rings. The van der Waals surface area contributed by atoms with E-state index in [0.717, 1.165) is 29.6 Å². The molecule has 6 nitrogen and oxygen atoms in total. The molecule has 1 unspecified atom stereocenters. The van der Waals surface area contributed by atoms with Gasteiger partial charge < -0.3 is 4.90 Å². The summed E-state index contributed by atoms with van der Waals surface area (Å²) in [6.45, 7) is 3.49. The number of aromatic nitrogens is 4. The van der Waals surface area contributed by atoms with E-state index in [2.05, 4.69) is 13.8 Å². The zero-order valence-corrected chi connectivity index (χ0v) is 13.0. The Kier molecular flexibility index (Phi) is 3.15. The van der Waals surface area contributed by atoms with Crippen LogP contribution < -0.4 is 0 Å². The molecule has 0 aliphatic carbocycles. The van der Waals surface area contributed by atoms with Gasteiger partial charge >= 0.3 is 0 Å². The maximum Gasteiger partial charge on any atom is 0.254 e. The van der Waals surface area contributed by atoms with Crippen LogP contribution in [0.4, 0.5) is 0 Å². The molecule has 0 spiro atoms. The Bertz CT molecular complexity index is 839. The number of carbonyl (C=O) groups is 1. The second-order valence-electron chi connectivity index (χ2n) is 5.66. The SMILES string of the molecule is Cc1cnn(C2CCN(C(=O)c3ccc4nsnc4c3)C2)c1. The fraction of sp³-hybridized carbons (Fsp3) is 0.333. The predicted octanol–water partition coefficient (Wildman–Crippen LogP) is 2.28. The van der Waals surface area contributed by atoms with Crippen LogP contribution in [-0.4, -0.2) is 42.4 Å². The van der Waals surface area contributed by atoms with Crippen LogP contribution in [0.3, 0.4) is 0 Å². The van der Waals surface area contributed by atoms with Crippen molar-refractivity contribution in [1.82, 2.24) is 23.4 Å². The van der Waals surface area contributed by atoms with Gasteiger partial charge in [0.05, 0.1) is 24.0 Å². The molecule has 7 heteroatoms. The summed E-state index contributed by atoms with van der Waals surface area (Å²) in [5, 5.41) is 4.36. The first-order chi connectivity index (χ1) is 10.7. The maximum atomic E-state index is 12.6. The summed E-state index contributed by atoms with van der Waals surface area (Å²) in [5.41, 5.74) is 3.45. The van der Waals surface area contributed by atoms with Crippen molar-refractivity contribution < 1.29 is 4.79 Å². The quantitative estimate of drug-likeness (QED) is 0.728. The normalized spacial score (nSPS) is 18.2. The van der Waals surface area contributed by atoms with Gasteiger partial charge in [0, 0.05) is 24.8 Å². The van der Waals surface area contributed by atoms with E-state index < -0.39 is 0 Å². The Labute approximate surface area is 131 Å². The number of amides is 1. The summed E-state index contributed by atoms with van der Waals surface area (Å²) in [7, 11) is 0. The van der Waals surface area contributed by atoms with E-state index in [-0.39, 0.29) is 11.9 Å². The summed E-state index contributed by atoms with van der Waals surface area (Å²) in [6, 6.07) is 5.78. The van der Waals surface area contributed by atoms with E-state index in [1.807, 2.05) is 47.1 Å². The van der Waals surface area contributed by atoms with Gasteiger partial charge in [-0.15, -0.1) is 0 Å². The van der Waals surface area contributed by atoms with Gasteiger partial charge in [0.2, 0.25) is 0 Å². The van der Waals surface area contributed by atoms with E-state index in [1.54, 1.807) is 0 Å². The highest BCUT2D eigenvalue weighted by Gasteiger charge is 2.28. The number of nitrogens with zero attached hydrogens (tertiary/aromatic N) is 5. The van der Waals surface area contributed by atoms with Crippen LogP contribution >= 0.6 is 11.7 Å². The van der Waals surface area contributed by atoms with Crippen molar-refractivity contribution in [3.05, 3.63) is 41.7 Å². The minimum atomic E-state index is 0.0567. The predicted molar refractivity (Wildman–Crippen MR) is 83.9 cm³/mol. The number of fused-ring (bicyclic) bond motifs is 1. The highest BCUT2D eigenvalue weighted by atomic mass is 32.1. The third kappa shape index (κ3) is 2.27. The van der Waals surface area contributed by atoms with Crippen molar-refractivity contribution in [1.29, 1.82) is 0 Å². The molecule has 1 atom stereocenters. The van der Waals surface area contributed by atoms with E-state index in [9.17, 15) is 4.79 Å². The van der Waals surface area contributed by atoms with Crippen molar-refractivity contribution in [2.24, 2.45) is 0 Å². The average Bonchev–Trinajstić information content (AvgIpc) is 3.25. The van der Waals surface area contributed by atoms with Crippen LogP contribution in [0.25, 0.3) is 11.0 Å². The lowest BCUT2D eigenvalue weighted by Crippen LogP contribution is -2.29.